The molecule has 0 radical (unpaired) electrons. The second-order valence-corrected chi connectivity index (χ2v) is 7.10. The highest BCUT2D eigenvalue weighted by Gasteiger charge is 2.15. The van der Waals surface area contributed by atoms with Crippen molar-refractivity contribution in [1.29, 1.82) is 0 Å². The van der Waals surface area contributed by atoms with Gasteiger partial charge in [0, 0.05) is 17.1 Å². The van der Waals surface area contributed by atoms with Crippen molar-refractivity contribution in [3.8, 4) is 5.75 Å². The number of fused-ring (bicyclic) bond motifs is 1. The monoisotopic (exact) mass is 379 g/mol. The zero-order valence-electron chi connectivity index (χ0n) is 16.2. The summed E-state index contributed by atoms with van der Waals surface area (Å²) in [7, 11) is 0. The lowest BCUT2D eigenvalue weighted by atomic mass is 10.0. The molecule has 0 aliphatic carbocycles. The number of hydrogen-bond acceptors (Lipinski definition) is 4. The average molecular weight is 379 g/mol. The Bertz CT molecular complexity index is 1050. The van der Waals surface area contributed by atoms with Crippen LogP contribution in [0.3, 0.4) is 0 Å². The van der Waals surface area contributed by atoms with Crippen molar-refractivity contribution >= 4 is 22.6 Å². The van der Waals surface area contributed by atoms with Gasteiger partial charge in [-0.1, -0.05) is 38.3 Å². The van der Waals surface area contributed by atoms with E-state index in [0.29, 0.717) is 11.1 Å². The van der Waals surface area contributed by atoms with Crippen molar-refractivity contribution in [2.24, 2.45) is 0 Å². The Labute approximate surface area is 164 Å². The van der Waals surface area contributed by atoms with Crippen molar-refractivity contribution in [3.63, 3.8) is 0 Å². The van der Waals surface area contributed by atoms with Crippen molar-refractivity contribution in [2.45, 2.75) is 46.0 Å². The lowest BCUT2D eigenvalue weighted by molar-refractivity contribution is 0.102. The summed E-state index contributed by atoms with van der Waals surface area (Å²) in [5.74, 6) is -0.400. The number of amides is 1. The Morgan fingerprint density at radius 1 is 1.11 bits per heavy atom. The average Bonchev–Trinajstić information content (AvgIpc) is 2.65. The molecule has 146 valence electrons. The zero-order valence-corrected chi connectivity index (χ0v) is 16.2. The van der Waals surface area contributed by atoms with Crippen LogP contribution in [0, 0.1) is 6.92 Å². The highest BCUT2D eigenvalue weighted by Crippen LogP contribution is 2.26. The van der Waals surface area contributed by atoms with Crippen LogP contribution in [-0.4, -0.2) is 11.0 Å². The zero-order chi connectivity index (χ0) is 20.1. The number of phenolic OH excluding ortho intramolecular Hbond substituents is 1. The van der Waals surface area contributed by atoms with Crippen LogP contribution >= 0.6 is 0 Å². The summed E-state index contributed by atoms with van der Waals surface area (Å²) in [4.78, 5) is 24.8. The summed E-state index contributed by atoms with van der Waals surface area (Å²) >= 11 is 0. The second-order valence-electron chi connectivity index (χ2n) is 7.10. The maximum Gasteiger partial charge on any atom is 0.349 e. The third-order valence-electron chi connectivity index (χ3n) is 4.75. The molecule has 3 rings (SSSR count). The Balaban J connectivity index is 1.88. The van der Waals surface area contributed by atoms with Crippen molar-refractivity contribution in [3.05, 3.63) is 69.6 Å². The van der Waals surface area contributed by atoms with E-state index in [1.807, 2.05) is 25.1 Å². The van der Waals surface area contributed by atoms with Gasteiger partial charge < -0.3 is 14.8 Å². The van der Waals surface area contributed by atoms with E-state index in [4.69, 9.17) is 4.42 Å². The summed E-state index contributed by atoms with van der Waals surface area (Å²) in [5.41, 5.74) is 1.90. The highest BCUT2D eigenvalue weighted by atomic mass is 16.4. The van der Waals surface area contributed by atoms with Crippen molar-refractivity contribution in [2.75, 3.05) is 5.32 Å². The van der Waals surface area contributed by atoms with Gasteiger partial charge in [-0.2, -0.15) is 0 Å². The van der Waals surface area contributed by atoms with Crippen LogP contribution in [0.25, 0.3) is 11.0 Å². The molecule has 2 N–H and O–H groups in total. The molecule has 0 aliphatic heterocycles. The van der Waals surface area contributed by atoms with E-state index in [2.05, 4.69) is 12.2 Å². The molecule has 3 aromatic rings. The molecule has 0 unspecified atom stereocenters. The first-order valence-corrected chi connectivity index (χ1v) is 9.65. The molecule has 2 aromatic carbocycles. The molecule has 0 aliphatic rings. The summed E-state index contributed by atoms with van der Waals surface area (Å²) in [6.45, 7) is 4.08. The lowest BCUT2D eigenvalue weighted by Crippen LogP contribution is -2.20. The first-order valence-electron chi connectivity index (χ1n) is 9.65. The quantitative estimate of drug-likeness (QED) is 0.438. The van der Waals surface area contributed by atoms with Crippen LogP contribution in [0.4, 0.5) is 5.69 Å². The fourth-order valence-electron chi connectivity index (χ4n) is 3.23. The molecule has 1 amide bonds. The number of nitrogens with one attached hydrogen (secondary N) is 1. The standard InChI is InChI=1S/C23H25NO4/c1-3-4-5-6-9-16-12-17-13-19(23(27)28-21(17)14-20(16)25)22(26)24-18-10-7-8-15(2)11-18/h7-8,10-14,25H,3-6,9H2,1-2H3,(H,24,26). The normalized spacial score (nSPS) is 10.9. The number of carbonyl (C=O) groups excluding carboxylic acids is 1. The van der Waals surface area contributed by atoms with E-state index in [-0.39, 0.29) is 16.9 Å². The number of hydrogen-bond donors (Lipinski definition) is 2. The molecule has 28 heavy (non-hydrogen) atoms. The van der Waals surface area contributed by atoms with Crippen LogP contribution in [0.1, 0.15) is 54.1 Å². The molecular formula is C23H25NO4. The first-order chi connectivity index (χ1) is 13.5. The molecular weight excluding hydrogens is 354 g/mol. The van der Waals surface area contributed by atoms with Gasteiger partial charge in [-0.3, -0.25) is 4.79 Å². The van der Waals surface area contributed by atoms with Crippen LogP contribution in [0.2, 0.25) is 0 Å². The Morgan fingerprint density at radius 3 is 2.68 bits per heavy atom. The van der Waals surface area contributed by atoms with Crippen LogP contribution in [-0.2, 0) is 6.42 Å². The van der Waals surface area contributed by atoms with Crippen LogP contribution in [0.5, 0.6) is 5.75 Å². The highest BCUT2D eigenvalue weighted by molar-refractivity contribution is 6.05. The third-order valence-corrected chi connectivity index (χ3v) is 4.75. The van der Waals surface area contributed by atoms with E-state index in [9.17, 15) is 14.7 Å². The minimum Gasteiger partial charge on any atom is -0.508 e. The van der Waals surface area contributed by atoms with Gasteiger partial charge in [0.25, 0.3) is 5.91 Å². The minimum atomic E-state index is -0.729. The summed E-state index contributed by atoms with van der Waals surface area (Å²) in [6.07, 6.45) is 5.12. The fourth-order valence-corrected chi connectivity index (χ4v) is 3.23. The van der Waals surface area contributed by atoms with Crippen LogP contribution in [0.15, 0.2) is 51.7 Å². The molecule has 1 heterocycles. The molecule has 0 saturated carbocycles. The summed E-state index contributed by atoms with van der Waals surface area (Å²) in [6, 6.07) is 12.1. The van der Waals surface area contributed by atoms with Gasteiger partial charge in [-0.15, -0.1) is 0 Å². The summed E-state index contributed by atoms with van der Waals surface area (Å²) in [5, 5.41) is 13.6. The SMILES string of the molecule is CCCCCCc1cc2cc(C(=O)Nc3cccc(C)c3)c(=O)oc2cc1O. The van der Waals surface area contributed by atoms with Gasteiger partial charge in [-0.25, -0.2) is 4.79 Å². The van der Waals surface area contributed by atoms with Gasteiger partial charge in [-0.05, 0) is 55.2 Å². The molecule has 0 atom stereocenters. The number of rotatable bonds is 7. The predicted octanol–water partition coefficient (Wildman–Crippen LogP) is 5.18. The predicted molar refractivity (Wildman–Crippen MR) is 111 cm³/mol. The van der Waals surface area contributed by atoms with E-state index >= 15 is 0 Å². The molecule has 0 saturated heterocycles. The Morgan fingerprint density at radius 2 is 1.93 bits per heavy atom. The summed E-state index contributed by atoms with van der Waals surface area (Å²) < 4.78 is 5.28. The molecule has 5 nitrogen and oxygen atoms in total. The number of phenols is 1. The molecule has 5 heteroatoms. The number of aryl methyl sites for hydroxylation is 2. The Kier molecular flexibility index (Phi) is 6.14. The van der Waals surface area contributed by atoms with Crippen LogP contribution < -0.4 is 10.9 Å². The van der Waals surface area contributed by atoms with Crippen molar-refractivity contribution < 1.29 is 14.3 Å². The maximum absolute atomic E-state index is 12.6. The van der Waals surface area contributed by atoms with Gasteiger partial charge in [0.2, 0.25) is 0 Å². The second kappa shape index (κ2) is 8.74. The lowest BCUT2D eigenvalue weighted by Gasteiger charge is -2.08. The van der Waals surface area contributed by atoms with E-state index < -0.39 is 11.5 Å². The van der Waals surface area contributed by atoms with Gasteiger partial charge in [0.1, 0.15) is 16.9 Å². The number of benzene rings is 2. The van der Waals surface area contributed by atoms with E-state index in [1.54, 1.807) is 12.1 Å². The topological polar surface area (TPSA) is 79.5 Å². The molecule has 0 fully saturated rings. The van der Waals surface area contributed by atoms with Gasteiger partial charge >= 0.3 is 5.63 Å². The number of aromatic hydroxyl groups is 1. The number of anilines is 1. The molecule has 0 spiro atoms. The number of unbranched alkanes of at least 4 members (excludes halogenated alkanes) is 3. The number of carbonyl (C=O) groups is 1. The smallest absolute Gasteiger partial charge is 0.349 e. The Hall–Kier alpha value is -3.08. The molecule has 0 bridgehead atoms. The molecule has 1 aromatic heterocycles. The largest absolute Gasteiger partial charge is 0.508 e. The van der Waals surface area contributed by atoms with Gasteiger partial charge in [0.05, 0.1) is 0 Å². The van der Waals surface area contributed by atoms with E-state index in [1.165, 1.54) is 12.1 Å². The fraction of sp³-hybridized carbons (Fsp3) is 0.304. The third kappa shape index (κ3) is 4.60. The van der Waals surface area contributed by atoms with E-state index in [0.717, 1.165) is 43.2 Å². The maximum atomic E-state index is 12.6. The van der Waals surface area contributed by atoms with Gasteiger partial charge in [0.15, 0.2) is 0 Å². The minimum absolute atomic E-state index is 0.0587. The first kappa shape index (κ1) is 19.7. The van der Waals surface area contributed by atoms with Crippen molar-refractivity contribution in [1.82, 2.24) is 0 Å².